The zero-order valence-corrected chi connectivity index (χ0v) is 29.5. The Bertz CT molecular complexity index is 1460. The fraction of sp³-hybridized carbons (Fsp3) is 0.634. The first kappa shape index (κ1) is 35.6. The van der Waals surface area contributed by atoms with Gasteiger partial charge in [-0.25, -0.2) is 13.1 Å². The fourth-order valence-electron chi connectivity index (χ4n) is 8.16. The van der Waals surface area contributed by atoms with Crippen molar-refractivity contribution in [1.29, 1.82) is 0 Å². The third-order valence-electron chi connectivity index (χ3n) is 11.5. The number of rotatable bonds is 9. The first-order chi connectivity index (χ1) is 23.2. The summed E-state index contributed by atoms with van der Waals surface area (Å²) in [6.45, 7) is 19.6. The quantitative estimate of drug-likeness (QED) is 0.252. The Morgan fingerprint density at radius 2 is 1.04 bits per heavy atom. The van der Waals surface area contributed by atoms with Crippen LogP contribution in [0.15, 0.2) is 36.4 Å². The molecular formula is C41H54N2O5. The van der Waals surface area contributed by atoms with Crippen molar-refractivity contribution in [2.45, 2.75) is 140 Å². The average Bonchev–Trinajstić information content (AvgIpc) is 3.84. The lowest BCUT2D eigenvalue weighted by Crippen LogP contribution is -2.31. The summed E-state index contributed by atoms with van der Waals surface area (Å²) in [6, 6.07) is 12.0. The maximum absolute atomic E-state index is 11.7. The first-order valence-corrected chi connectivity index (χ1v) is 18.2. The van der Waals surface area contributed by atoms with Gasteiger partial charge in [0.1, 0.15) is 5.78 Å². The molecule has 2 aromatic carbocycles. The van der Waals surface area contributed by atoms with E-state index >= 15 is 0 Å². The highest BCUT2D eigenvalue weighted by Gasteiger charge is 2.45. The van der Waals surface area contributed by atoms with Crippen LogP contribution in [0.25, 0.3) is 9.69 Å². The standard InChI is InChI=1S/C21H27NO3.C20H27NO2/c1-15(23)16-10-12-21(22-2,13-11-16)17-8-9-19(24-3)20(14-17)25-18-6-4-5-7-18;1-15-10-12-20(21-2,13-11-15)16-8-9-18(22-3)19(14-16)23-17-6-4-5-7-17/h8-9,14,16,18H,4-7,10-13H2,1,3H3;8-9,14-15,17H,4-7,10-13H2,1,3H3. The minimum Gasteiger partial charge on any atom is -0.493 e. The van der Waals surface area contributed by atoms with Gasteiger partial charge in [-0.05, 0) is 126 Å². The molecular weight excluding hydrogens is 600 g/mol. The minimum atomic E-state index is -0.536. The van der Waals surface area contributed by atoms with E-state index in [0.717, 1.165) is 117 Å². The number of hydrogen-bond acceptors (Lipinski definition) is 5. The molecule has 0 radical (unpaired) electrons. The third-order valence-corrected chi connectivity index (χ3v) is 11.5. The predicted octanol–water partition coefficient (Wildman–Crippen LogP) is 10.3. The van der Waals surface area contributed by atoms with Crippen LogP contribution in [0, 0.1) is 25.0 Å². The fourth-order valence-corrected chi connectivity index (χ4v) is 8.16. The summed E-state index contributed by atoms with van der Waals surface area (Å²) in [7, 11) is 3.34. The van der Waals surface area contributed by atoms with Crippen LogP contribution in [0.2, 0.25) is 0 Å². The van der Waals surface area contributed by atoms with Crippen LogP contribution < -0.4 is 18.9 Å². The Balaban J connectivity index is 0.000000188. The van der Waals surface area contributed by atoms with Gasteiger partial charge in [-0.15, -0.1) is 0 Å². The van der Waals surface area contributed by atoms with E-state index in [1.165, 1.54) is 25.7 Å². The zero-order chi connectivity index (χ0) is 34.1. The number of Topliss-reactive ketones (excluding diaryl/α,β-unsaturated/α-hetero) is 1. The highest BCUT2D eigenvalue weighted by Crippen LogP contribution is 2.47. The summed E-state index contributed by atoms with van der Waals surface area (Å²) in [6.07, 6.45) is 17.1. The van der Waals surface area contributed by atoms with Crippen LogP contribution in [0.3, 0.4) is 0 Å². The molecule has 0 unspecified atom stereocenters. The van der Waals surface area contributed by atoms with Crippen LogP contribution >= 0.6 is 0 Å². The molecule has 4 aliphatic carbocycles. The van der Waals surface area contributed by atoms with Gasteiger partial charge in [-0.2, -0.15) is 0 Å². The topological polar surface area (TPSA) is 62.7 Å². The van der Waals surface area contributed by atoms with Gasteiger partial charge in [-0.1, -0.05) is 6.92 Å². The molecule has 4 aliphatic rings. The van der Waals surface area contributed by atoms with Crippen molar-refractivity contribution in [3.8, 4) is 23.0 Å². The van der Waals surface area contributed by atoms with Crippen LogP contribution in [0.1, 0.15) is 128 Å². The van der Waals surface area contributed by atoms with Crippen molar-refractivity contribution in [1.82, 2.24) is 0 Å². The van der Waals surface area contributed by atoms with Gasteiger partial charge >= 0.3 is 0 Å². The Hall–Kier alpha value is -3.71. The maximum Gasteiger partial charge on any atom is 0.257 e. The number of carbonyl (C=O) groups excluding carboxylic acids is 1. The van der Waals surface area contributed by atoms with Gasteiger partial charge in [0.2, 0.25) is 0 Å². The molecule has 258 valence electrons. The van der Waals surface area contributed by atoms with Crippen LogP contribution in [-0.4, -0.2) is 32.2 Å². The van der Waals surface area contributed by atoms with Crippen molar-refractivity contribution in [3.63, 3.8) is 0 Å². The lowest BCUT2D eigenvalue weighted by atomic mass is 9.72. The number of methoxy groups -OCH3 is 2. The molecule has 4 fully saturated rings. The molecule has 0 aliphatic heterocycles. The summed E-state index contributed by atoms with van der Waals surface area (Å²) in [4.78, 5) is 19.7. The molecule has 7 nitrogen and oxygen atoms in total. The Morgan fingerprint density at radius 1 is 0.646 bits per heavy atom. The molecule has 7 heteroatoms. The van der Waals surface area contributed by atoms with E-state index in [4.69, 9.17) is 32.1 Å². The van der Waals surface area contributed by atoms with E-state index in [1.807, 2.05) is 24.3 Å². The van der Waals surface area contributed by atoms with Crippen molar-refractivity contribution >= 4 is 5.78 Å². The van der Waals surface area contributed by atoms with Crippen molar-refractivity contribution in [3.05, 3.63) is 70.4 Å². The molecule has 0 N–H and O–H groups in total. The number of benzene rings is 2. The molecule has 0 amide bonds. The average molecular weight is 655 g/mol. The second-order valence-corrected chi connectivity index (χ2v) is 14.6. The molecule has 0 heterocycles. The first-order valence-electron chi connectivity index (χ1n) is 18.2. The summed E-state index contributed by atoms with van der Waals surface area (Å²) in [5, 5.41) is 0. The van der Waals surface area contributed by atoms with E-state index in [9.17, 15) is 4.79 Å². The molecule has 6 rings (SSSR count). The van der Waals surface area contributed by atoms with Gasteiger partial charge in [0.15, 0.2) is 23.0 Å². The Kier molecular flexibility index (Phi) is 12.0. The van der Waals surface area contributed by atoms with Crippen molar-refractivity contribution < 1.29 is 23.7 Å². The molecule has 0 bridgehead atoms. The van der Waals surface area contributed by atoms with E-state index in [1.54, 1.807) is 21.1 Å². The lowest BCUT2D eigenvalue weighted by Gasteiger charge is -2.31. The third kappa shape index (κ3) is 8.11. The van der Waals surface area contributed by atoms with E-state index in [2.05, 4.69) is 28.7 Å². The zero-order valence-electron chi connectivity index (χ0n) is 29.5. The van der Waals surface area contributed by atoms with Gasteiger partial charge in [-0.3, -0.25) is 4.79 Å². The summed E-state index contributed by atoms with van der Waals surface area (Å²) in [5.74, 6) is 4.18. The molecule has 0 atom stereocenters. The molecule has 0 spiro atoms. The maximum atomic E-state index is 11.7. The predicted molar refractivity (Wildman–Crippen MR) is 189 cm³/mol. The minimum absolute atomic E-state index is 0.113. The molecule has 0 saturated heterocycles. The highest BCUT2D eigenvalue weighted by molar-refractivity contribution is 5.78. The van der Waals surface area contributed by atoms with Gasteiger partial charge < -0.3 is 28.6 Å². The van der Waals surface area contributed by atoms with Crippen LogP contribution in [0.4, 0.5) is 0 Å². The summed E-state index contributed by atoms with van der Waals surface area (Å²) >= 11 is 0. The Morgan fingerprint density at radius 3 is 1.40 bits per heavy atom. The van der Waals surface area contributed by atoms with Crippen molar-refractivity contribution in [2.24, 2.45) is 11.8 Å². The van der Waals surface area contributed by atoms with E-state index in [-0.39, 0.29) is 23.3 Å². The van der Waals surface area contributed by atoms with Gasteiger partial charge in [0.25, 0.3) is 11.1 Å². The SMILES string of the molecule is [C-]#[N+]C1(c2ccc(OC)c(OC3CCCC3)c2)CCC(C(C)=O)CC1.[C-]#[N+]C1(c2ccc(OC)c(OC3CCCC3)c2)CCC(C)CC1. The van der Waals surface area contributed by atoms with Crippen LogP contribution in [-0.2, 0) is 15.9 Å². The monoisotopic (exact) mass is 654 g/mol. The second-order valence-electron chi connectivity index (χ2n) is 14.6. The lowest BCUT2D eigenvalue weighted by molar-refractivity contribution is -0.121. The summed E-state index contributed by atoms with van der Waals surface area (Å²) in [5.41, 5.74) is 1.20. The normalized spacial score (nSPS) is 27.5. The smallest absolute Gasteiger partial charge is 0.257 e. The number of ether oxygens (including phenoxy) is 4. The second kappa shape index (κ2) is 16.1. The van der Waals surface area contributed by atoms with Crippen molar-refractivity contribution in [2.75, 3.05) is 14.2 Å². The number of hydrogen-bond donors (Lipinski definition) is 0. The number of nitrogens with zero attached hydrogens (tertiary/aromatic N) is 2. The number of ketones is 1. The largest absolute Gasteiger partial charge is 0.493 e. The molecule has 0 aromatic heterocycles. The number of carbonyl (C=O) groups is 1. The van der Waals surface area contributed by atoms with Gasteiger partial charge in [0, 0.05) is 42.7 Å². The molecule has 2 aromatic rings. The molecule has 4 saturated carbocycles. The summed E-state index contributed by atoms with van der Waals surface area (Å²) < 4.78 is 23.4. The highest BCUT2D eigenvalue weighted by atomic mass is 16.5. The Labute approximate surface area is 288 Å². The van der Waals surface area contributed by atoms with Gasteiger partial charge in [0.05, 0.1) is 26.4 Å². The van der Waals surface area contributed by atoms with Crippen LogP contribution in [0.5, 0.6) is 23.0 Å². The van der Waals surface area contributed by atoms with E-state index < -0.39 is 5.54 Å². The molecule has 48 heavy (non-hydrogen) atoms. The van der Waals surface area contributed by atoms with E-state index in [0.29, 0.717) is 6.10 Å².